The van der Waals surface area contributed by atoms with Gasteiger partial charge in [0.25, 0.3) is 0 Å². The second-order valence-electron chi connectivity index (χ2n) is 4.97. The number of unbranched alkanes of at least 4 members (excludes halogenated alkanes) is 1. The molecular weight excluding hydrogens is 313 g/mol. The topological polar surface area (TPSA) is 0 Å². The summed E-state index contributed by atoms with van der Waals surface area (Å²) >= 11 is 12.3. The van der Waals surface area contributed by atoms with Crippen LogP contribution in [0.25, 0.3) is 0 Å². The Balaban J connectivity index is 2.55. The van der Waals surface area contributed by atoms with Crippen molar-refractivity contribution in [3.63, 3.8) is 0 Å². The lowest BCUT2D eigenvalue weighted by atomic mass is 9.86. The van der Waals surface area contributed by atoms with Crippen LogP contribution in [0.15, 0.2) is 36.4 Å². The zero-order valence-electron chi connectivity index (χ0n) is 11.7. The minimum Gasteiger partial charge on any atom is -0.207 e. The van der Waals surface area contributed by atoms with Gasteiger partial charge in [0.05, 0.1) is 10.0 Å². The predicted octanol–water partition coefficient (Wildman–Crippen LogP) is 6.59. The molecule has 0 bridgehead atoms. The molecule has 112 valence electrons. The van der Waals surface area contributed by atoms with Crippen LogP contribution in [0.3, 0.4) is 0 Å². The molecule has 2 aromatic rings. The Hall–Kier alpha value is -1.12. The maximum absolute atomic E-state index is 14.1. The highest BCUT2D eigenvalue weighted by Gasteiger charge is 2.24. The lowest BCUT2D eigenvalue weighted by Crippen LogP contribution is -2.07. The quantitative estimate of drug-likeness (QED) is 0.580. The van der Waals surface area contributed by atoms with Crippen molar-refractivity contribution >= 4 is 23.2 Å². The zero-order valence-corrected chi connectivity index (χ0v) is 13.2. The molecule has 0 aliphatic heterocycles. The molecule has 0 nitrogen and oxygen atoms in total. The van der Waals surface area contributed by atoms with Gasteiger partial charge in [-0.25, -0.2) is 8.78 Å². The smallest absolute Gasteiger partial charge is 0.129 e. The summed E-state index contributed by atoms with van der Waals surface area (Å²) < 4.78 is 28.3. The molecular formula is C17H16Cl2F2. The van der Waals surface area contributed by atoms with Crippen molar-refractivity contribution in [1.82, 2.24) is 0 Å². The molecule has 0 radical (unpaired) electrons. The molecule has 0 spiro atoms. The second kappa shape index (κ2) is 7.24. The minimum absolute atomic E-state index is 0.0649. The molecule has 0 fully saturated rings. The molecule has 0 aliphatic rings. The molecule has 0 saturated heterocycles. The van der Waals surface area contributed by atoms with E-state index in [1.807, 2.05) is 6.92 Å². The SMILES string of the molecule is CCCCC(c1cccc(Cl)c1Cl)c1c(F)cccc1F. The van der Waals surface area contributed by atoms with Gasteiger partial charge in [0, 0.05) is 11.5 Å². The van der Waals surface area contributed by atoms with Crippen molar-refractivity contribution in [3.05, 3.63) is 69.2 Å². The Morgan fingerprint density at radius 3 is 2.24 bits per heavy atom. The average Bonchev–Trinajstić information content (AvgIpc) is 2.45. The van der Waals surface area contributed by atoms with E-state index >= 15 is 0 Å². The summed E-state index contributed by atoms with van der Waals surface area (Å²) in [5, 5.41) is 0.760. The van der Waals surface area contributed by atoms with Gasteiger partial charge in [0.1, 0.15) is 11.6 Å². The molecule has 2 rings (SSSR count). The molecule has 0 saturated carbocycles. The number of rotatable bonds is 5. The van der Waals surface area contributed by atoms with Crippen molar-refractivity contribution in [2.75, 3.05) is 0 Å². The largest absolute Gasteiger partial charge is 0.207 e. The highest BCUT2D eigenvalue weighted by atomic mass is 35.5. The van der Waals surface area contributed by atoms with E-state index in [1.165, 1.54) is 18.2 Å². The molecule has 0 aromatic heterocycles. The van der Waals surface area contributed by atoms with Crippen LogP contribution in [-0.2, 0) is 0 Å². The van der Waals surface area contributed by atoms with Crippen LogP contribution in [0.2, 0.25) is 10.0 Å². The van der Waals surface area contributed by atoms with E-state index in [0.29, 0.717) is 22.0 Å². The van der Waals surface area contributed by atoms with Crippen molar-refractivity contribution < 1.29 is 8.78 Å². The van der Waals surface area contributed by atoms with Gasteiger partial charge in [-0.05, 0) is 30.2 Å². The molecule has 0 aliphatic carbocycles. The van der Waals surface area contributed by atoms with Crippen molar-refractivity contribution in [2.45, 2.75) is 32.1 Å². The van der Waals surface area contributed by atoms with Gasteiger partial charge in [-0.2, -0.15) is 0 Å². The van der Waals surface area contributed by atoms with Gasteiger partial charge < -0.3 is 0 Å². The van der Waals surface area contributed by atoms with Crippen LogP contribution in [0.1, 0.15) is 43.2 Å². The first kappa shape index (κ1) is 16.3. The standard InChI is InChI=1S/C17H16Cl2F2/c1-2-3-6-11(12-7-4-8-13(18)17(12)19)16-14(20)9-5-10-15(16)21/h4-5,7-11H,2-3,6H2,1H3. The molecule has 2 aromatic carbocycles. The maximum atomic E-state index is 14.1. The average molecular weight is 329 g/mol. The summed E-state index contributed by atoms with van der Waals surface area (Å²) in [6, 6.07) is 9.11. The third kappa shape index (κ3) is 3.56. The van der Waals surface area contributed by atoms with Crippen LogP contribution in [-0.4, -0.2) is 0 Å². The van der Waals surface area contributed by atoms with Crippen LogP contribution < -0.4 is 0 Å². The Morgan fingerprint density at radius 2 is 1.62 bits per heavy atom. The van der Waals surface area contributed by atoms with Gasteiger partial charge in [0.15, 0.2) is 0 Å². The summed E-state index contributed by atoms with van der Waals surface area (Å²) in [6.07, 6.45) is 2.40. The molecule has 0 heterocycles. The first-order valence-corrected chi connectivity index (χ1v) is 7.69. The number of halogens is 4. The summed E-state index contributed by atoms with van der Waals surface area (Å²) in [6.45, 7) is 2.04. The van der Waals surface area contributed by atoms with Crippen LogP contribution in [0.5, 0.6) is 0 Å². The van der Waals surface area contributed by atoms with Gasteiger partial charge in [0.2, 0.25) is 0 Å². The van der Waals surface area contributed by atoms with Crippen molar-refractivity contribution in [1.29, 1.82) is 0 Å². The summed E-state index contributed by atoms with van der Waals surface area (Å²) in [7, 11) is 0. The van der Waals surface area contributed by atoms with E-state index in [-0.39, 0.29) is 5.56 Å². The molecule has 0 N–H and O–H groups in total. The van der Waals surface area contributed by atoms with E-state index < -0.39 is 17.6 Å². The van der Waals surface area contributed by atoms with Crippen LogP contribution in [0, 0.1) is 11.6 Å². The fourth-order valence-electron chi connectivity index (χ4n) is 2.50. The Labute approximate surface area is 133 Å². The monoisotopic (exact) mass is 328 g/mol. The van der Waals surface area contributed by atoms with Gasteiger partial charge in [-0.15, -0.1) is 0 Å². The van der Waals surface area contributed by atoms with Crippen LogP contribution in [0.4, 0.5) is 8.78 Å². The molecule has 1 unspecified atom stereocenters. The van der Waals surface area contributed by atoms with E-state index in [2.05, 4.69) is 0 Å². The summed E-state index contributed by atoms with van der Waals surface area (Å²) in [5.41, 5.74) is 0.733. The Bertz CT molecular complexity index is 606. The lowest BCUT2D eigenvalue weighted by molar-refractivity contribution is 0.523. The van der Waals surface area contributed by atoms with Crippen LogP contribution >= 0.6 is 23.2 Å². The first-order chi connectivity index (χ1) is 10.1. The van der Waals surface area contributed by atoms with E-state index in [0.717, 1.165) is 12.8 Å². The third-order valence-electron chi connectivity index (χ3n) is 3.55. The second-order valence-corrected chi connectivity index (χ2v) is 5.76. The number of hydrogen-bond donors (Lipinski definition) is 0. The van der Waals surface area contributed by atoms with Crippen molar-refractivity contribution in [2.24, 2.45) is 0 Å². The Morgan fingerprint density at radius 1 is 1.00 bits per heavy atom. The van der Waals surface area contributed by atoms with Crippen molar-refractivity contribution in [3.8, 4) is 0 Å². The van der Waals surface area contributed by atoms with Gasteiger partial charge in [-0.1, -0.05) is 61.2 Å². The highest BCUT2D eigenvalue weighted by Crippen LogP contribution is 2.39. The lowest BCUT2D eigenvalue weighted by Gasteiger charge is -2.20. The predicted molar refractivity (Wildman–Crippen MR) is 84.2 cm³/mol. The molecule has 0 amide bonds. The normalized spacial score (nSPS) is 12.4. The number of hydrogen-bond acceptors (Lipinski definition) is 0. The molecule has 1 atom stereocenters. The third-order valence-corrected chi connectivity index (χ3v) is 4.38. The molecule has 4 heteroatoms. The summed E-state index contributed by atoms with van der Waals surface area (Å²) in [5.74, 6) is -1.53. The maximum Gasteiger partial charge on any atom is 0.129 e. The van der Waals surface area contributed by atoms with E-state index in [9.17, 15) is 8.78 Å². The fraction of sp³-hybridized carbons (Fsp3) is 0.294. The number of benzene rings is 2. The van der Waals surface area contributed by atoms with Gasteiger partial charge >= 0.3 is 0 Å². The van der Waals surface area contributed by atoms with E-state index in [1.54, 1.807) is 18.2 Å². The summed E-state index contributed by atoms with van der Waals surface area (Å²) in [4.78, 5) is 0. The zero-order chi connectivity index (χ0) is 15.4. The first-order valence-electron chi connectivity index (χ1n) is 6.94. The fourth-order valence-corrected chi connectivity index (χ4v) is 2.94. The van der Waals surface area contributed by atoms with Gasteiger partial charge in [-0.3, -0.25) is 0 Å². The Kier molecular flexibility index (Phi) is 5.60. The minimum atomic E-state index is -0.549. The van der Waals surface area contributed by atoms with E-state index in [4.69, 9.17) is 23.2 Å². The highest BCUT2D eigenvalue weighted by molar-refractivity contribution is 6.42. The molecule has 21 heavy (non-hydrogen) atoms.